The number of para-hydroxylation sites is 1. The molecule has 0 unspecified atom stereocenters. The van der Waals surface area contributed by atoms with Crippen molar-refractivity contribution in [2.45, 2.75) is 38.7 Å². The number of hydrogen-bond acceptors (Lipinski definition) is 3. The minimum atomic E-state index is -0.952. The third-order valence-electron chi connectivity index (χ3n) is 4.36. The van der Waals surface area contributed by atoms with E-state index < -0.39 is 17.8 Å². The second-order valence-corrected chi connectivity index (χ2v) is 6.36. The zero-order valence-corrected chi connectivity index (χ0v) is 14.5. The van der Waals surface area contributed by atoms with Gasteiger partial charge in [-0.2, -0.15) is 0 Å². The van der Waals surface area contributed by atoms with Crippen molar-refractivity contribution in [1.29, 1.82) is 0 Å². The van der Waals surface area contributed by atoms with Gasteiger partial charge in [0.15, 0.2) is 17.7 Å². The molecule has 6 heteroatoms. The summed E-state index contributed by atoms with van der Waals surface area (Å²) in [6.45, 7) is 1.48. The normalized spacial score (nSPS) is 13.6. The molecule has 2 amide bonds. The van der Waals surface area contributed by atoms with Crippen molar-refractivity contribution < 1.29 is 18.7 Å². The number of nitrogens with one attached hydrogen (secondary N) is 2. The minimum absolute atomic E-state index is 0.0142. The molecule has 0 heterocycles. The molecule has 0 radical (unpaired) electrons. The van der Waals surface area contributed by atoms with Gasteiger partial charge in [0.1, 0.15) is 0 Å². The summed E-state index contributed by atoms with van der Waals surface area (Å²) in [6.07, 6.45) is 2.52. The lowest BCUT2D eigenvalue weighted by molar-refractivity contribution is -0.132. The summed E-state index contributed by atoms with van der Waals surface area (Å²) in [5.41, 5.74) is 8.23. The first-order valence-corrected chi connectivity index (χ1v) is 8.63. The highest BCUT2D eigenvalue weighted by Crippen LogP contribution is 2.23. The van der Waals surface area contributed by atoms with Crippen molar-refractivity contribution in [2.75, 3.05) is 0 Å². The van der Waals surface area contributed by atoms with Crippen LogP contribution >= 0.6 is 0 Å². The predicted molar refractivity (Wildman–Crippen MR) is 94.9 cm³/mol. The third-order valence-corrected chi connectivity index (χ3v) is 4.36. The van der Waals surface area contributed by atoms with Crippen molar-refractivity contribution in [3.05, 3.63) is 65.0 Å². The fourth-order valence-electron chi connectivity index (χ4n) is 2.98. The van der Waals surface area contributed by atoms with Gasteiger partial charge in [-0.05, 0) is 55.0 Å². The van der Waals surface area contributed by atoms with Gasteiger partial charge in [0, 0.05) is 0 Å². The van der Waals surface area contributed by atoms with Gasteiger partial charge >= 0.3 is 0 Å². The average Bonchev–Trinajstić information content (AvgIpc) is 3.09. The SMILES string of the molecule is C[C@@H](Oc1ccccc1F)C(=O)NNC(=O)Cc1ccc2c(c1)CCC2. The lowest BCUT2D eigenvalue weighted by Gasteiger charge is -2.15. The summed E-state index contributed by atoms with van der Waals surface area (Å²) in [4.78, 5) is 24.0. The number of hydrogen-bond donors (Lipinski definition) is 2. The Morgan fingerprint density at radius 3 is 2.69 bits per heavy atom. The fourth-order valence-corrected chi connectivity index (χ4v) is 2.98. The molecular weight excluding hydrogens is 335 g/mol. The van der Waals surface area contributed by atoms with Crippen LogP contribution in [-0.4, -0.2) is 17.9 Å². The first kappa shape index (κ1) is 17.9. The highest BCUT2D eigenvalue weighted by Gasteiger charge is 2.17. The topological polar surface area (TPSA) is 67.4 Å². The van der Waals surface area contributed by atoms with E-state index in [4.69, 9.17) is 4.74 Å². The standard InChI is InChI=1S/C20H21FN2O3/c1-13(26-18-8-3-2-7-17(18)21)20(25)23-22-19(24)12-14-9-10-15-5-4-6-16(15)11-14/h2-3,7-11,13H,4-6,12H2,1H3,(H,22,24)(H,23,25)/t13-/m1/s1. The van der Waals surface area contributed by atoms with E-state index in [2.05, 4.69) is 16.9 Å². The number of carbonyl (C=O) groups excluding carboxylic acids is 2. The highest BCUT2D eigenvalue weighted by molar-refractivity contribution is 5.85. The van der Waals surface area contributed by atoms with Crippen LogP contribution in [0, 0.1) is 5.82 Å². The van der Waals surface area contributed by atoms with Gasteiger partial charge < -0.3 is 4.74 Å². The van der Waals surface area contributed by atoms with Gasteiger partial charge in [0.25, 0.3) is 5.91 Å². The van der Waals surface area contributed by atoms with Crippen molar-refractivity contribution >= 4 is 11.8 Å². The van der Waals surface area contributed by atoms with Crippen molar-refractivity contribution in [2.24, 2.45) is 0 Å². The van der Waals surface area contributed by atoms with Crippen LogP contribution in [0.1, 0.15) is 30.0 Å². The van der Waals surface area contributed by atoms with E-state index >= 15 is 0 Å². The number of halogens is 1. The summed E-state index contributed by atoms with van der Waals surface area (Å²) in [6, 6.07) is 11.9. The molecule has 0 saturated carbocycles. The lowest BCUT2D eigenvalue weighted by atomic mass is 10.0. The largest absolute Gasteiger partial charge is 0.478 e. The molecular formula is C20H21FN2O3. The second-order valence-electron chi connectivity index (χ2n) is 6.36. The van der Waals surface area contributed by atoms with E-state index in [1.807, 2.05) is 12.1 Å². The monoisotopic (exact) mass is 356 g/mol. The van der Waals surface area contributed by atoms with E-state index in [1.54, 1.807) is 6.07 Å². The fraction of sp³-hybridized carbons (Fsp3) is 0.300. The Morgan fingerprint density at radius 1 is 1.12 bits per heavy atom. The van der Waals surface area contributed by atoms with Gasteiger partial charge in [-0.15, -0.1) is 0 Å². The zero-order valence-electron chi connectivity index (χ0n) is 14.5. The van der Waals surface area contributed by atoms with Gasteiger partial charge in [-0.3, -0.25) is 20.4 Å². The molecule has 3 rings (SSSR count). The number of rotatable bonds is 5. The molecule has 136 valence electrons. The summed E-state index contributed by atoms with van der Waals surface area (Å²) in [7, 11) is 0. The summed E-state index contributed by atoms with van der Waals surface area (Å²) >= 11 is 0. The number of amides is 2. The van der Waals surface area contributed by atoms with Crippen molar-refractivity contribution in [3.63, 3.8) is 0 Å². The molecule has 0 aliphatic heterocycles. The molecule has 2 N–H and O–H groups in total. The summed E-state index contributed by atoms with van der Waals surface area (Å²) in [5.74, 6) is -1.45. The number of hydrazine groups is 1. The van der Waals surface area contributed by atoms with Gasteiger partial charge in [-0.1, -0.05) is 30.3 Å². The van der Waals surface area contributed by atoms with Crippen LogP contribution in [0.4, 0.5) is 4.39 Å². The van der Waals surface area contributed by atoms with Crippen LogP contribution in [0.25, 0.3) is 0 Å². The number of benzene rings is 2. The molecule has 2 aromatic rings. The lowest BCUT2D eigenvalue weighted by Crippen LogP contribution is -2.47. The van der Waals surface area contributed by atoms with Crippen molar-refractivity contribution in [1.82, 2.24) is 10.9 Å². The third kappa shape index (κ3) is 4.39. The molecule has 1 aliphatic rings. The van der Waals surface area contributed by atoms with E-state index in [-0.39, 0.29) is 18.1 Å². The van der Waals surface area contributed by atoms with Crippen LogP contribution in [-0.2, 0) is 28.9 Å². The predicted octanol–water partition coefficient (Wildman–Crippen LogP) is 2.47. The number of aryl methyl sites for hydroxylation is 2. The van der Waals surface area contributed by atoms with Crippen LogP contribution in [0.5, 0.6) is 5.75 Å². The second kappa shape index (κ2) is 7.99. The highest BCUT2D eigenvalue weighted by atomic mass is 19.1. The van der Waals surface area contributed by atoms with Crippen LogP contribution in [0.2, 0.25) is 0 Å². The van der Waals surface area contributed by atoms with Gasteiger partial charge in [-0.25, -0.2) is 4.39 Å². The molecule has 0 aromatic heterocycles. The molecule has 0 saturated heterocycles. The first-order valence-electron chi connectivity index (χ1n) is 8.63. The van der Waals surface area contributed by atoms with E-state index in [9.17, 15) is 14.0 Å². The maximum absolute atomic E-state index is 13.5. The average molecular weight is 356 g/mol. The Kier molecular flexibility index (Phi) is 5.51. The van der Waals surface area contributed by atoms with E-state index in [0.29, 0.717) is 0 Å². The Bertz CT molecular complexity index is 822. The maximum atomic E-state index is 13.5. The molecule has 0 fully saturated rings. The maximum Gasteiger partial charge on any atom is 0.279 e. The van der Waals surface area contributed by atoms with Crippen molar-refractivity contribution in [3.8, 4) is 5.75 Å². The molecule has 1 aliphatic carbocycles. The smallest absolute Gasteiger partial charge is 0.279 e. The minimum Gasteiger partial charge on any atom is -0.478 e. The Hall–Kier alpha value is -2.89. The Morgan fingerprint density at radius 2 is 1.88 bits per heavy atom. The quantitative estimate of drug-likeness (QED) is 0.809. The van der Waals surface area contributed by atoms with Crippen LogP contribution in [0.15, 0.2) is 42.5 Å². The first-order chi connectivity index (χ1) is 12.5. The Balaban J connectivity index is 1.47. The van der Waals surface area contributed by atoms with Gasteiger partial charge in [0.2, 0.25) is 5.91 Å². The molecule has 0 spiro atoms. The zero-order chi connectivity index (χ0) is 18.5. The van der Waals surface area contributed by atoms with Crippen LogP contribution in [0.3, 0.4) is 0 Å². The molecule has 0 bridgehead atoms. The molecule has 26 heavy (non-hydrogen) atoms. The van der Waals surface area contributed by atoms with Crippen LogP contribution < -0.4 is 15.6 Å². The number of fused-ring (bicyclic) bond motifs is 1. The number of ether oxygens (including phenoxy) is 1. The summed E-state index contributed by atoms with van der Waals surface area (Å²) < 4.78 is 18.8. The van der Waals surface area contributed by atoms with Gasteiger partial charge in [0.05, 0.1) is 6.42 Å². The van der Waals surface area contributed by atoms with E-state index in [0.717, 1.165) is 24.8 Å². The van der Waals surface area contributed by atoms with E-state index in [1.165, 1.54) is 36.2 Å². The molecule has 2 aromatic carbocycles. The molecule has 5 nitrogen and oxygen atoms in total. The Labute approximate surface area is 151 Å². The summed E-state index contributed by atoms with van der Waals surface area (Å²) in [5, 5.41) is 0. The number of carbonyl (C=O) groups is 2. The molecule has 1 atom stereocenters.